The molecule has 0 radical (unpaired) electrons. The lowest BCUT2D eigenvalue weighted by atomic mass is 10.2. The number of aromatic nitrogens is 2. The Bertz CT molecular complexity index is 565. The maximum Gasteiger partial charge on any atom is 0.131 e. The number of rotatable bonds is 7. The Morgan fingerprint density at radius 2 is 1.95 bits per heavy atom. The van der Waals surface area contributed by atoms with Crippen LogP contribution in [0, 0.1) is 6.92 Å². The fourth-order valence-corrected chi connectivity index (χ4v) is 2.68. The minimum absolute atomic E-state index is 0.699. The van der Waals surface area contributed by atoms with Crippen LogP contribution in [-0.2, 0) is 20.1 Å². The third-order valence-electron chi connectivity index (χ3n) is 3.58. The molecule has 0 saturated heterocycles. The molecule has 0 saturated carbocycles. The lowest BCUT2D eigenvalue weighted by Crippen LogP contribution is -2.26. The maximum atomic E-state index is 6.34. The van der Waals surface area contributed by atoms with Gasteiger partial charge in [0.15, 0.2) is 0 Å². The zero-order valence-corrected chi connectivity index (χ0v) is 13.5. The molecule has 0 atom stereocenters. The quantitative estimate of drug-likeness (QED) is 0.855. The number of nitrogens with zero attached hydrogens (tertiary/aromatic N) is 3. The third kappa shape index (κ3) is 4.30. The number of hydrogen-bond acceptors (Lipinski definition) is 3. The lowest BCUT2D eigenvalue weighted by molar-refractivity contribution is 0.254. The van der Waals surface area contributed by atoms with Crippen LogP contribution in [0.5, 0.6) is 0 Å². The lowest BCUT2D eigenvalue weighted by Gasteiger charge is -2.22. The van der Waals surface area contributed by atoms with Crippen LogP contribution < -0.4 is 5.73 Å². The second-order valence-corrected chi connectivity index (χ2v) is 5.67. The summed E-state index contributed by atoms with van der Waals surface area (Å²) < 4.78 is 1.73. The Balaban J connectivity index is 2.12. The molecule has 1 aromatic heterocycles. The van der Waals surface area contributed by atoms with Crippen molar-refractivity contribution < 1.29 is 0 Å². The Morgan fingerprint density at radius 1 is 1.24 bits per heavy atom. The number of benzene rings is 1. The van der Waals surface area contributed by atoms with Gasteiger partial charge in [0, 0.05) is 32.2 Å². The van der Waals surface area contributed by atoms with Crippen molar-refractivity contribution in [3.63, 3.8) is 0 Å². The van der Waals surface area contributed by atoms with Crippen molar-refractivity contribution in [3.8, 4) is 0 Å². The smallest absolute Gasteiger partial charge is 0.131 e. The molecule has 0 fully saturated rings. The van der Waals surface area contributed by atoms with Crippen molar-refractivity contribution in [1.29, 1.82) is 0 Å². The Labute approximate surface area is 131 Å². The van der Waals surface area contributed by atoms with Crippen molar-refractivity contribution in [3.05, 3.63) is 52.3 Å². The monoisotopic (exact) mass is 306 g/mol. The molecule has 1 aromatic carbocycles. The first-order chi connectivity index (χ1) is 10.1. The van der Waals surface area contributed by atoms with Gasteiger partial charge in [-0.2, -0.15) is 5.10 Å². The van der Waals surface area contributed by atoms with E-state index in [1.165, 1.54) is 5.56 Å². The predicted molar refractivity (Wildman–Crippen MR) is 87.2 cm³/mol. The van der Waals surface area contributed by atoms with Gasteiger partial charge in [0.1, 0.15) is 5.15 Å². The Morgan fingerprint density at radius 3 is 2.52 bits per heavy atom. The van der Waals surface area contributed by atoms with E-state index in [1.54, 1.807) is 4.68 Å². The molecule has 114 valence electrons. The highest BCUT2D eigenvalue weighted by Crippen LogP contribution is 2.21. The molecule has 0 spiro atoms. The third-order valence-corrected chi connectivity index (χ3v) is 4.05. The van der Waals surface area contributed by atoms with Gasteiger partial charge >= 0.3 is 0 Å². The van der Waals surface area contributed by atoms with Gasteiger partial charge in [-0.25, -0.2) is 0 Å². The molecule has 0 aliphatic heterocycles. The highest BCUT2D eigenvalue weighted by molar-refractivity contribution is 6.30. The van der Waals surface area contributed by atoms with Crippen molar-refractivity contribution in [2.45, 2.75) is 26.4 Å². The molecule has 5 heteroatoms. The molecule has 0 unspecified atom stereocenters. The predicted octanol–water partition coefficient (Wildman–Crippen LogP) is 2.73. The highest BCUT2D eigenvalue weighted by atomic mass is 35.5. The van der Waals surface area contributed by atoms with E-state index in [9.17, 15) is 0 Å². The number of aryl methyl sites for hydroxylation is 2. The number of halogens is 1. The summed E-state index contributed by atoms with van der Waals surface area (Å²) in [5.41, 5.74) is 9.05. The second-order valence-electron chi connectivity index (χ2n) is 5.32. The summed E-state index contributed by atoms with van der Waals surface area (Å²) in [6, 6.07) is 10.5. The zero-order valence-electron chi connectivity index (χ0n) is 12.7. The molecule has 2 rings (SSSR count). The van der Waals surface area contributed by atoms with Gasteiger partial charge in [-0.3, -0.25) is 9.58 Å². The van der Waals surface area contributed by atoms with Crippen molar-refractivity contribution in [2.24, 2.45) is 12.8 Å². The number of nitrogens with two attached hydrogens (primary N) is 1. The first-order valence-electron chi connectivity index (χ1n) is 7.26. The van der Waals surface area contributed by atoms with Gasteiger partial charge in [0.05, 0.1) is 5.69 Å². The minimum Gasteiger partial charge on any atom is -0.330 e. The van der Waals surface area contributed by atoms with Crippen molar-refractivity contribution in [2.75, 3.05) is 13.1 Å². The molecule has 21 heavy (non-hydrogen) atoms. The molecule has 0 bridgehead atoms. The summed E-state index contributed by atoms with van der Waals surface area (Å²) in [7, 11) is 1.88. The summed E-state index contributed by atoms with van der Waals surface area (Å²) in [5, 5.41) is 5.11. The van der Waals surface area contributed by atoms with Crippen LogP contribution in [0.2, 0.25) is 5.15 Å². The van der Waals surface area contributed by atoms with Crippen LogP contribution in [0.25, 0.3) is 0 Å². The van der Waals surface area contributed by atoms with E-state index in [1.807, 2.05) is 20.0 Å². The highest BCUT2D eigenvalue weighted by Gasteiger charge is 2.15. The summed E-state index contributed by atoms with van der Waals surface area (Å²) >= 11 is 6.34. The molecule has 0 amide bonds. The first-order valence-corrected chi connectivity index (χ1v) is 7.64. The van der Waals surface area contributed by atoms with Crippen LogP contribution in [0.1, 0.15) is 23.2 Å². The van der Waals surface area contributed by atoms with Crippen LogP contribution in [0.15, 0.2) is 30.3 Å². The van der Waals surface area contributed by atoms with Crippen LogP contribution in [0.4, 0.5) is 0 Å². The van der Waals surface area contributed by atoms with E-state index < -0.39 is 0 Å². The largest absolute Gasteiger partial charge is 0.330 e. The summed E-state index contributed by atoms with van der Waals surface area (Å²) in [4.78, 5) is 2.37. The molecule has 0 aliphatic rings. The average molecular weight is 307 g/mol. The van der Waals surface area contributed by atoms with Gasteiger partial charge in [-0.05, 0) is 25.5 Å². The Kier molecular flexibility index (Phi) is 5.79. The normalized spacial score (nSPS) is 11.3. The summed E-state index contributed by atoms with van der Waals surface area (Å²) in [6.45, 7) is 5.35. The van der Waals surface area contributed by atoms with Gasteiger partial charge < -0.3 is 5.73 Å². The van der Waals surface area contributed by atoms with Gasteiger partial charge in [-0.15, -0.1) is 0 Å². The molecule has 1 heterocycles. The SMILES string of the molecule is Cc1nn(C)c(Cl)c1CN(CCCN)Cc1ccccc1. The van der Waals surface area contributed by atoms with Crippen LogP contribution in [0.3, 0.4) is 0 Å². The average Bonchev–Trinajstić information content (AvgIpc) is 2.72. The van der Waals surface area contributed by atoms with Crippen molar-refractivity contribution in [1.82, 2.24) is 14.7 Å². The van der Waals surface area contributed by atoms with Gasteiger partial charge in [0.2, 0.25) is 0 Å². The summed E-state index contributed by atoms with van der Waals surface area (Å²) in [6.07, 6.45) is 0.976. The van der Waals surface area contributed by atoms with E-state index in [4.69, 9.17) is 17.3 Å². The van der Waals surface area contributed by atoms with Crippen LogP contribution in [-0.4, -0.2) is 27.8 Å². The van der Waals surface area contributed by atoms with E-state index in [-0.39, 0.29) is 0 Å². The molecular weight excluding hydrogens is 284 g/mol. The molecule has 2 aromatic rings. The molecule has 2 N–H and O–H groups in total. The summed E-state index contributed by atoms with van der Waals surface area (Å²) in [5.74, 6) is 0. The van der Waals surface area contributed by atoms with E-state index in [2.05, 4.69) is 34.3 Å². The topological polar surface area (TPSA) is 47.1 Å². The standard InChI is InChI=1S/C16H23ClN4/c1-13-15(16(17)20(2)19-13)12-21(10-6-9-18)11-14-7-4-3-5-8-14/h3-5,7-8H,6,9-12,18H2,1-2H3. The van der Waals surface area contributed by atoms with Crippen LogP contribution >= 0.6 is 11.6 Å². The van der Waals surface area contributed by atoms with E-state index in [0.29, 0.717) is 6.54 Å². The molecule has 0 aliphatic carbocycles. The molecular formula is C16H23ClN4. The van der Waals surface area contributed by atoms with Gasteiger partial charge in [-0.1, -0.05) is 41.9 Å². The fraction of sp³-hybridized carbons (Fsp3) is 0.438. The van der Waals surface area contributed by atoms with Gasteiger partial charge in [0.25, 0.3) is 0 Å². The second kappa shape index (κ2) is 7.59. The minimum atomic E-state index is 0.699. The molecule has 4 nitrogen and oxygen atoms in total. The van der Waals surface area contributed by atoms with E-state index >= 15 is 0 Å². The first kappa shape index (κ1) is 16.0. The zero-order chi connectivity index (χ0) is 15.2. The maximum absolute atomic E-state index is 6.34. The number of hydrogen-bond donors (Lipinski definition) is 1. The Hall–Kier alpha value is -1.36. The fourth-order valence-electron chi connectivity index (χ4n) is 2.45. The van der Waals surface area contributed by atoms with Crippen molar-refractivity contribution >= 4 is 11.6 Å². The van der Waals surface area contributed by atoms with E-state index in [0.717, 1.165) is 42.5 Å².